The summed E-state index contributed by atoms with van der Waals surface area (Å²) >= 11 is 0. The van der Waals surface area contributed by atoms with Gasteiger partial charge >= 0.3 is 0 Å². The molecule has 1 aliphatic heterocycles. The van der Waals surface area contributed by atoms with E-state index < -0.39 is 0 Å². The minimum atomic E-state index is 0.120. The van der Waals surface area contributed by atoms with E-state index >= 15 is 0 Å². The van der Waals surface area contributed by atoms with Crippen molar-refractivity contribution in [1.82, 2.24) is 15.2 Å². The molecule has 1 aromatic rings. The third-order valence-electron chi connectivity index (χ3n) is 3.59. The quantitative estimate of drug-likeness (QED) is 0.925. The van der Waals surface area contributed by atoms with Crippen LogP contribution >= 0.6 is 0 Å². The average Bonchev–Trinajstić information content (AvgIpc) is 2.60. The Morgan fingerprint density at radius 2 is 2.10 bits per heavy atom. The molecular weight excluding hydrogens is 262 g/mol. The predicted molar refractivity (Wildman–Crippen MR) is 86.1 cm³/mol. The van der Waals surface area contributed by atoms with Crippen molar-refractivity contribution in [2.45, 2.75) is 58.8 Å². The first-order chi connectivity index (χ1) is 9.92. The van der Waals surface area contributed by atoms with Gasteiger partial charge in [0.25, 0.3) is 0 Å². The number of pyridine rings is 1. The normalized spacial score (nSPS) is 21.2. The summed E-state index contributed by atoms with van der Waals surface area (Å²) in [7, 11) is 0. The van der Waals surface area contributed by atoms with Crippen LogP contribution in [0.5, 0.6) is 0 Å². The molecule has 0 aliphatic carbocycles. The van der Waals surface area contributed by atoms with Crippen LogP contribution in [0.3, 0.4) is 0 Å². The molecule has 21 heavy (non-hydrogen) atoms. The highest BCUT2D eigenvalue weighted by Crippen LogP contribution is 2.10. The molecule has 0 amide bonds. The van der Waals surface area contributed by atoms with Crippen LogP contribution in [0.4, 0.5) is 0 Å². The second kappa shape index (κ2) is 7.34. The smallest absolute Gasteiger partial charge is 0.0674 e. The number of aromatic nitrogens is 1. The van der Waals surface area contributed by atoms with Gasteiger partial charge in [0.15, 0.2) is 0 Å². The van der Waals surface area contributed by atoms with Crippen LogP contribution < -0.4 is 5.32 Å². The highest BCUT2D eigenvalue weighted by Gasteiger charge is 2.16. The van der Waals surface area contributed by atoms with Gasteiger partial charge in [-0.15, -0.1) is 0 Å². The lowest BCUT2D eigenvalue weighted by Crippen LogP contribution is -2.35. The number of nitrogens with zero attached hydrogens (tertiary/aromatic N) is 2. The fourth-order valence-electron chi connectivity index (χ4n) is 2.52. The Hall–Kier alpha value is -0.970. The average molecular weight is 291 g/mol. The zero-order valence-electron chi connectivity index (χ0n) is 13.9. The molecule has 1 fully saturated rings. The lowest BCUT2D eigenvalue weighted by Gasteiger charge is -2.22. The summed E-state index contributed by atoms with van der Waals surface area (Å²) in [6, 6.07) is 6.33. The summed E-state index contributed by atoms with van der Waals surface area (Å²) in [6.07, 6.45) is 1.42. The van der Waals surface area contributed by atoms with E-state index in [9.17, 15) is 0 Å². The van der Waals surface area contributed by atoms with E-state index in [1.807, 2.05) is 0 Å². The van der Waals surface area contributed by atoms with Crippen LogP contribution in [-0.4, -0.2) is 41.2 Å². The van der Waals surface area contributed by atoms with Crippen molar-refractivity contribution in [3.05, 3.63) is 29.6 Å². The maximum Gasteiger partial charge on any atom is 0.0674 e. The Morgan fingerprint density at radius 3 is 2.86 bits per heavy atom. The highest BCUT2D eigenvalue weighted by atomic mass is 16.5. The zero-order valence-corrected chi connectivity index (χ0v) is 13.9. The van der Waals surface area contributed by atoms with Crippen LogP contribution in [0.25, 0.3) is 0 Å². The first-order valence-electron chi connectivity index (χ1n) is 7.96. The topological polar surface area (TPSA) is 37.4 Å². The van der Waals surface area contributed by atoms with Crippen molar-refractivity contribution in [3.8, 4) is 0 Å². The van der Waals surface area contributed by atoms with Crippen molar-refractivity contribution in [3.63, 3.8) is 0 Å². The first kappa shape index (κ1) is 16.4. The molecule has 2 heterocycles. The molecule has 4 heteroatoms. The van der Waals surface area contributed by atoms with Crippen LogP contribution in [0, 0.1) is 0 Å². The fourth-order valence-corrected chi connectivity index (χ4v) is 2.52. The molecule has 4 nitrogen and oxygen atoms in total. The van der Waals surface area contributed by atoms with Crippen LogP contribution in [-0.2, 0) is 17.8 Å². The summed E-state index contributed by atoms with van der Waals surface area (Å²) < 4.78 is 5.70. The lowest BCUT2D eigenvalue weighted by atomic mass is 10.1. The van der Waals surface area contributed by atoms with Crippen molar-refractivity contribution in [2.24, 2.45) is 0 Å². The van der Waals surface area contributed by atoms with E-state index in [2.05, 4.69) is 56.1 Å². The second-order valence-electron chi connectivity index (χ2n) is 6.99. The van der Waals surface area contributed by atoms with Gasteiger partial charge in [0, 0.05) is 38.3 Å². The van der Waals surface area contributed by atoms with Gasteiger partial charge in [-0.2, -0.15) is 0 Å². The van der Waals surface area contributed by atoms with Crippen molar-refractivity contribution in [1.29, 1.82) is 0 Å². The Bertz CT molecular complexity index is 442. The Labute approximate surface area is 128 Å². The van der Waals surface area contributed by atoms with E-state index in [-0.39, 0.29) is 5.54 Å². The highest BCUT2D eigenvalue weighted by molar-refractivity contribution is 5.11. The van der Waals surface area contributed by atoms with E-state index in [0.29, 0.717) is 6.10 Å². The minimum absolute atomic E-state index is 0.120. The Balaban J connectivity index is 1.93. The third kappa shape index (κ3) is 6.12. The third-order valence-corrected chi connectivity index (χ3v) is 3.59. The number of ether oxygens (including phenoxy) is 1. The molecule has 0 radical (unpaired) electrons. The summed E-state index contributed by atoms with van der Waals surface area (Å²) in [5.74, 6) is 0. The maximum absolute atomic E-state index is 5.70. The van der Waals surface area contributed by atoms with Gasteiger partial charge in [-0.1, -0.05) is 6.07 Å². The maximum atomic E-state index is 5.70. The van der Waals surface area contributed by atoms with Crippen LogP contribution in [0.2, 0.25) is 0 Å². The molecule has 118 valence electrons. The lowest BCUT2D eigenvalue weighted by molar-refractivity contribution is 0.0666. The monoisotopic (exact) mass is 291 g/mol. The predicted octanol–water partition coefficient (Wildman–Crippen LogP) is 2.58. The van der Waals surface area contributed by atoms with Gasteiger partial charge in [0.05, 0.1) is 17.5 Å². The van der Waals surface area contributed by atoms with Crippen molar-refractivity contribution in [2.75, 3.05) is 19.7 Å². The summed E-state index contributed by atoms with van der Waals surface area (Å²) in [5, 5.41) is 3.49. The van der Waals surface area contributed by atoms with E-state index in [1.54, 1.807) is 0 Å². The van der Waals surface area contributed by atoms with E-state index in [4.69, 9.17) is 9.72 Å². The van der Waals surface area contributed by atoms with Gasteiger partial charge in [-0.05, 0) is 46.2 Å². The van der Waals surface area contributed by atoms with E-state index in [1.165, 1.54) is 0 Å². The summed E-state index contributed by atoms with van der Waals surface area (Å²) in [4.78, 5) is 7.23. The molecule has 1 unspecified atom stereocenters. The molecule has 1 aromatic heterocycles. The molecule has 0 aromatic carbocycles. The fraction of sp³-hybridized carbons (Fsp3) is 0.706. The van der Waals surface area contributed by atoms with Gasteiger partial charge in [0.2, 0.25) is 0 Å². The number of nitrogens with one attached hydrogen (secondary N) is 1. The molecular formula is C17H29N3O. The van der Waals surface area contributed by atoms with Gasteiger partial charge in [-0.3, -0.25) is 9.88 Å². The molecule has 2 rings (SSSR count). The first-order valence-corrected chi connectivity index (χ1v) is 7.96. The van der Waals surface area contributed by atoms with E-state index in [0.717, 1.165) is 50.6 Å². The Morgan fingerprint density at radius 1 is 1.33 bits per heavy atom. The van der Waals surface area contributed by atoms with Gasteiger partial charge in [-0.25, -0.2) is 0 Å². The molecule has 1 aliphatic rings. The van der Waals surface area contributed by atoms with Crippen LogP contribution in [0.15, 0.2) is 18.2 Å². The van der Waals surface area contributed by atoms with Crippen molar-refractivity contribution >= 4 is 0 Å². The number of hydrogen-bond donors (Lipinski definition) is 1. The SMILES string of the molecule is CC1CN(Cc2cccc(CNC(C)(C)C)n2)CCCO1. The largest absolute Gasteiger partial charge is 0.377 e. The standard InChI is InChI=1S/C17H29N3O/c1-14-12-20(9-6-10-21-14)13-16-8-5-7-15(19-16)11-18-17(2,3)4/h5,7-8,14,18H,6,9-13H2,1-4H3. The summed E-state index contributed by atoms with van der Waals surface area (Å²) in [6.45, 7) is 13.4. The van der Waals surface area contributed by atoms with Gasteiger partial charge in [0.1, 0.15) is 0 Å². The Kier molecular flexibility index (Phi) is 5.73. The van der Waals surface area contributed by atoms with Crippen molar-refractivity contribution < 1.29 is 4.74 Å². The number of rotatable bonds is 4. The molecule has 0 saturated carbocycles. The minimum Gasteiger partial charge on any atom is -0.377 e. The van der Waals surface area contributed by atoms with Gasteiger partial charge < -0.3 is 10.1 Å². The second-order valence-corrected chi connectivity index (χ2v) is 6.99. The zero-order chi connectivity index (χ0) is 15.3. The molecule has 0 bridgehead atoms. The molecule has 1 saturated heterocycles. The molecule has 0 spiro atoms. The summed E-state index contributed by atoms with van der Waals surface area (Å²) in [5.41, 5.74) is 2.38. The molecule has 1 atom stereocenters. The van der Waals surface area contributed by atoms with Crippen LogP contribution in [0.1, 0.15) is 45.5 Å². The number of hydrogen-bond acceptors (Lipinski definition) is 4. The molecule has 1 N–H and O–H groups in total.